The van der Waals surface area contributed by atoms with Crippen molar-refractivity contribution in [1.29, 1.82) is 0 Å². The molecule has 0 spiro atoms. The number of nitrogens with zero attached hydrogens (tertiary/aromatic N) is 5. The first kappa shape index (κ1) is 20.9. The molecule has 5 rings (SSSR count). The summed E-state index contributed by atoms with van der Waals surface area (Å²) < 4.78 is 1.78. The molecule has 0 atom stereocenters. The third kappa shape index (κ3) is 4.48. The molecule has 1 aliphatic rings. The Balaban J connectivity index is 1.37. The number of hydrogen-bond acceptors (Lipinski definition) is 5. The smallest absolute Gasteiger partial charge is 0.255 e. The number of amides is 1. The van der Waals surface area contributed by atoms with Gasteiger partial charge in [0.1, 0.15) is 5.69 Å². The van der Waals surface area contributed by atoms with E-state index in [-0.39, 0.29) is 11.9 Å². The Morgan fingerprint density at radius 2 is 1.64 bits per heavy atom. The monoisotopic (exact) mass is 438 g/mol. The highest BCUT2D eigenvalue weighted by atomic mass is 16.1. The fraction of sp³-hybridized carbons (Fsp3) is 0.231. The first-order valence-corrected chi connectivity index (χ1v) is 11.2. The molecule has 7 nitrogen and oxygen atoms in total. The Morgan fingerprint density at radius 3 is 2.36 bits per heavy atom. The van der Waals surface area contributed by atoms with Crippen molar-refractivity contribution in [3.63, 3.8) is 0 Å². The zero-order valence-corrected chi connectivity index (χ0v) is 18.6. The van der Waals surface area contributed by atoms with Gasteiger partial charge < -0.3 is 10.2 Å². The van der Waals surface area contributed by atoms with Gasteiger partial charge in [-0.05, 0) is 43.5 Å². The quantitative estimate of drug-likeness (QED) is 0.509. The molecule has 166 valence electrons. The zero-order chi connectivity index (χ0) is 22.6. The van der Waals surface area contributed by atoms with Crippen molar-refractivity contribution in [2.24, 2.45) is 0 Å². The maximum Gasteiger partial charge on any atom is 0.255 e. The Hall–Kier alpha value is -4.00. The number of aryl methyl sites for hydroxylation is 1. The van der Waals surface area contributed by atoms with Crippen molar-refractivity contribution in [3.05, 3.63) is 90.4 Å². The van der Waals surface area contributed by atoms with Crippen LogP contribution in [0.2, 0.25) is 0 Å². The van der Waals surface area contributed by atoms with Crippen LogP contribution in [0.3, 0.4) is 0 Å². The average molecular weight is 439 g/mol. The van der Waals surface area contributed by atoms with E-state index in [0.717, 1.165) is 48.7 Å². The van der Waals surface area contributed by atoms with Crippen molar-refractivity contribution >= 4 is 11.9 Å². The van der Waals surface area contributed by atoms with Gasteiger partial charge in [0.2, 0.25) is 5.95 Å². The third-order valence-corrected chi connectivity index (χ3v) is 6.04. The first-order valence-electron chi connectivity index (χ1n) is 11.2. The van der Waals surface area contributed by atoms with Crippen molar-refractivity contribution in [1.82, 2.24) is 25.1 Å². The second kappa shape index (κ2) is 9.24. The van der Waals surface area contributed by atoms with Gasteiger partial charge in [-0.3, -0.25) is 4.79 Å². The highest BCUT2D eigenvalue weighted by Crippen LogP contribution is 2.27. The maximum atomic E-state index is 13.4. The largest absolute Gasteiger partial charge is 0.349 e. The van der Waals surface area contributed by atoms with Gasteiger partial charge in [0, 0.05) is 43.3 Å². The molecule has 1 aliphatic heterocycles. The number of carbonyl (C=O) groups excluding carboxylic acids is 1. The Labute approximate surface area is 193 Å². The van der Waals surface area contributed by atoms with E-state index >= 15 is 0 Å². The van der Waals surface area contributed by atoms with E-state index in [0.29, 0.717) is 11.3 Å². The zero-order valence-electron chi connectivity index (χ0n) is 18.6. The summed E-state index contributed by atoms with van der Waals surface area (Å²) in [5.41, 5.74) is 4.25. The molecule has 0 aliphatic carbocycles. The van der Waals surface area contributed by atoms with Crippen LogP contribution in [0.1, 0.15) is 28.8 Å². The third-order valence-electron chi connectivity index (χ3n) is 6.04. The molecule has 7 heteroatoms. The molecule has 0 bridgehead atoms. The maximum absolute atomic E-state index is 13.4. The number of rotatable bonds is 5. The SMILES string of the molecule is Cc1ccccc1-c1nn(-c2ccccc2)cc1C(=O)NC1CCN(c2ncccn2)CC1. The number of anilines is 1. The average Bonchev–Trinajstić information content (AvgIpc) is 3.31. The van der Waals surface area contributed by atoms with Crippen molar-refractivity contribution in [2.75, 3.05) is 18.0 Å². The lowest BCUT2D eigenvalue weighted by molar-refractivity contribution is 0.0931. The van der Waals surface area contributed by atoms with Crippen molar-refractivity contribution in [3.8, 4) is 16.9 Å². The molecule has 1 amide bonds. The molecule has 33 heavy (non-hydrogen) atoms. The molecule has 0 saturated carbocycles. The summed E-state index contributed by atoms with van der Waals surface area (Å²) in [6.07, 6.45) is 7.04. The van der Waals surface area contributed by atoms with Crippen LogP contribution in [0.25, 0.3) is 16.9 Å². The van der Waals surface area contributed by atoms with E-state index < -0.39 is 0 Å². The van der Waals surface area contributed by atoms with E-state index in [4.69, 9.17) is 5.10 Å². The molecule has 0 unspecified atom stereocenters. The highest BCUT2D eigenvalue weighted by Gasteiger charge is 2.25. The summed E-state index contributed by atoms with van der Waals surface area (Å²) in [5.74, 6) is 0.651. The summed E-state index contributed by atoms with van der Waals surface area (Å²) in [6, 6.07) is 19.8. The molecular weight excluding hydrogens is 412 g/mol. The topological polar surface area (TPSA) is 75.9 Å². The molecule has 4 aromatic rings. The fourth-order valence-electron chi connectivity index (χ4n) is 4.23. The van der Waals surface area contributed by atoms with Crippen LogP contribution in [0.15, 0.2) is 79.3 Å². The Morgan fingerprint density at radius 1 is 0.939 bits per heavy atom. The van der Waals surface area contributed by atoms with Crippen molar-refractivity contribution < 1.29 is 4.79 Å². The lowest BCUT2D eigenvalue weighted by Gasteiger charge is -2.32. The second-order valence-electron chi connectivity index (χ2n) is 8.27. The molecule has 2 aromatic carbocycles. The van der Waals surface area contributed by atoms with Gasteiger partial charge in [0.15, 0.2) is 0 Å². The molecule has 1 fully saturated rings. The lowest BCUT2D eigenvalue weighted by Crippen LogP contribution is -2.45. The molecule has 1 saturated heterocycles. The fourth-order valence-corrected chi connectivity index (χ4v) is 4.23. The predicted octanol–water partition coefficient (Wildman–Crippen LogP) is 4.04. The summed E-state index contributed by atoms with van der Waals surface area (Å²) in [6.45, 7) is 3.66. The normalized spacial score (nSPS) is 14.3. The number of para-hydroxylation sites is 1. The number of hydrogen-bond donors (Lipinski definition) is 1. The summed E-state index contributed by atoms with van der Waals surface area (Å²) in [4.78, 5) is 24.2. The van der Waals surface area contributed by atoms with Crippen LogP contribution in [0.5, 0.6) is 0 Å². The summed E-state index contributed by atoms with van der Waals surface area (Å²) in [7, 11) is 0. The van der Waals surface area contributed by atoms with Crippen LogP contribution in [0, 0.1) is 6.92 Å². The van der Waals surface area contributed by atoms with Crippen LogP contribution in [-0.2, 0) is 0 Å². The van der Waals surface area contributed by atoms with Gasteiger partial charge >= 0.3 is 0 Å². The molecular formula is C26H26N6O. The van der Waals surface area contributed by atoms with E-state index in [2.05, 4.69) is 20.2 Å². The molecule has 2 aromatic heterocycles. The standard InChI is InChI=1S/C26H26N6O/c1-19-8-5-6-11-22(19)24-23(18-32(30-24)21-9-3-2-4-10-21)25(33)29-20-12-16-31(17-13-20)26-27-14-7-15-28-26/h2-11,14-15,18,20H,12-13,16-17H2,1H3,(H,29,33). The van der Waals surface area contributed by atoms with Gasteiger partial charge in [0.25, 0.3) is 5.91 Å². The van der Waals surface area contributed by atoms with Gasteiger partial charge in [-0.1, -0.05) is 42.5 Å². The Bertz CT molecular complexity index is 1230. The minimum absolute atomic E-state index is 0.0927. The van der Waals surface area contributed by atoms with Crippen LogP contribution in [0.4, 0.5) is 5.95 Å². The molecule has 3 heterocycles. The Kier molecular flexibility index (Phi) is 5.85. The van der Waals surface area contributed by atoms with E-state index in [1.54, 1.807) is 17.1 Å². The molecule has 1 N–H and O–H groups in total. The number of carbonyl (C=O) groups is 1. The van der Waals surface area contributed by atoms with Crippen molar-refractivity contribution in [2.45, 2.75) is 25.8 Å². The van der Waals surface area contributed by atoms with Gasteiger partial charge in [-0.2, -0.15) is 5.10 Å². The number of benzene rings is 2. The predicted molar refractivity (Wildman–Crippen MR) is 128 cm³/mol. The van der Waals surface area contributed by atoms with Crippen LogP contribution in [-0.4, -0.2) is 44.8 Å². The van der Waals surface area contributed by atoms with Gasteiger partial charge in [-0.15, -0.1) is 0 Å². The lowest BCUT2D eigenvalue weighted by atomic mass is 10.0. The minimum atomic E-state index is -0.0927. The van der Waals surface area contributed by atoms with E-state index in [1.165, 1.54) is 0 Å². The number of aromatic nitrogens is 4. The highest BCUT2D eigenvalue weighted by molar-refractivity contribution is 6.00. The minimum Gasteiger partial charge on any atom is -0.349 e. The molecule has 0 radical (unpaired) electrons. The van der Waals surface area contributed by atoms with Crippen LogP contribution >= 0.6 is 0 Å². The van der Waals surface area contributed by atoms with Gasteiger partial charge in [0.05, 0.1) is 11.3 Å². The van der Waals surface area contributed by atoms with E-state index in [1.807, 2.05) is 73.8 Å². The summed E-state index contributed by atoms with van der Waals surface area (Å²) >= 11 is 0. The van der Waals surface area contributed by atoms with E-state index in [9.17, 15) is 4.79 Å². The van der Waals surface area contributed by atoms with Gasteiger partial charge in [-0.25, -0.2) is 14.6 Å². The second-order valence-corrected chi connectivity index (χ2v) is 8.27. The van der Waals surface area contributed by atoms with Crippen LogP contribution < -0.4 is 10.2 Å². The summed E-state index contributed by atoms with van der Waals surface area (Å²) in [5, 5.41) is 8.05. The number of nitrogens with one attached hydrogen (secondary N) is 1. The number of piperidine rings is 1. The first-order chi connectivity index (χ1) is 16.2.